The van der Waals surface area contributed by atoms with Crippen LogP contribution in [0.25, 0.3) is 0 Å². The molecule has 2 N–H and O–H groups in total. The average Bonchev–Trinajstić information content (AvgIpc) is 2.74. The van der Waals surface area contributed by atoms with Crippen LogP contribution in [-0.4, -0.2) is 21.4 Å². The van der Waals surface area contributed by atoms with Gasteiger partial charge in [0.2, 0.25) is 0 Å². The van der Waals surface area contributed by atoms with Gasteiger partial charge in [-0.3, -0.25) is 9.52 Å². The van der Waals surface area contributed by atoms with Crippen molar-refractivity contribution in [1.82, 2.24) is 5.32 Å². The number of anilines is 1. The molecule has 1 amide bonds. The maximum absolute atomic E-state index is 13.0. The zero-order valence-corrected chi connectivity index (χ0v) is 17.1. The van der Waals surface area contributed by atoms with Crippen LogP contribution in [0.1, 0.15) is 21.5 Å². The number of nitrogens with one attached hydrogen (secondary N) is 2. The van der Waals surface area contributed by atoms with Crippen LogP contribution in [0.5, 0.6) is 0 Å². The van der Waals surface area contributed by atoms with E-state index in [2.05, 4.69) is 10.0 Å². The van der Waals surface area contributed by atoms with Crippen LogP contribution in [0.15, 0.2) is 77.7 Å². The molecule has 30 heavy (non-hydrogen) atoms. The van der Waals surface area contributed by atoms with Crippen molar-refractivity contribution in [3.63, 3.8) is 0 Å². The molecule has 0 radical (unpaired) electrons. The Morgan fingerprint density at radius 1 is 0.900 bits per heavy atom. The van der Waals surface area contributed by atoms with E-state index < -0.39 is 15.8 Å². The van der Waals surface area contributed by atoms with Gasteiger partial charge in [0.15, 0.2) is 0 Å². The minimum absolute atomic E-state index is 0.0535. The van der Waals surface area contributed by atoms with Crippen molar-refractivity contribution in [2.75, 3.05) is 11.8 Å². The van der Waals surface area contributed by atoms with Crippen molar-refractivity contribution >= 4 is 21.6 Å². The summed E-state index contributed by atoms with van der Waals surface area (Å²) >= 11 is 0. The minimum atomic E-state index is -3.84. The lowest BCUT2D eigenvalue weighted by Gasteiger charge is -2.10. The van der Waals surface area contributed by atoms with Gasteiger partial charge in [-0.1, -0.05) is 24.3 Å². The fraction of sp³-hybridized carbons (Fsp3) is 0.136. The van der Waals surface area contributed by atoms with Crippen LogP contribution in [0.4, 0.5) is 10.1 Å². The predicted octanol–water partition coefficient (Wildman–Crippen LogP) is 3.70. The summed E-state index contributed by atoms with van der Waals surface area (Å²) < 4.78 is 45.1. The third kappa shape index (κ3) is 5.65. The summed E-state index contributed by atoms with van der Waals surface area (Å²) in [6.45, 7) is 0.898. The van der Waals surface area contributed by atoms with Gasteiger partial charge in [0.05, 0.1) is 11.5 Å². The molecule has 0 aliphatic carbocycles. The molecular weight excluding hydrogens is 407 g/mol. The quantitative estimate of drug-likeness (QED) is 0.573. The van der Waals surface area contributed by atoms with Gasteiger partial charge >= 0.3 is 0 Å². The number of hydrogen-bond acceptors (Lipinski definition) is 4. The van der Waals surface area contributed by atoms with E-state index in [1.165, 1.54) is 36.4 Å². The highest BCUT2D eigenvalue weighted by atomic mass is 32.2. The molecule has 0 atom stereocenters. The molecular formula is C22H21FN2O4S. The maximum atomic E-state index is 13.0. The molecule has 3 rings (SSSR count). The number of rotatable bonds is 8. The first-order valence-electron chi connectivity index (χ1n) is 9.11. The first-order chi connectivity index (χ1) is 14.4. The lowest BCUT2D eigenvalue weighted by molar-refractivity contribution is 0.0951. The van der Waals surface area contributed by atoms with Crippen LogP contribution in [0, 0.1) is 5.82 Å². The third-order valence-electron chi connectivity index (χ3n) is 4.31. The Kier molecular flexibility index (Phi) is 6.81. The number of methoxy groups -OCH3 is 1. The van der Waals surface area contributed by atoms with E-state index in [-0.39, 0.29) is 10.8 Å². The fourth-order valence-electron chi connectivity index (χ4n) is 2.72. The number of halogens is 1. The summed E-state index contributed by atoms with van der Waals surface area (Å²) in [4.78, 5) is 12.3. The number of carbonyl (C=O) groups excluding carboxylic acids is 1. The molecule has 0 aliphatic heterocycles. The van der Waals surface area contributed by atoms with Crippen LogP contribution in [0.3, 0.4) is 0 Å². The van der Waals surface area contributed by atoms with Crippen molar-refractivity contribution in [1.29, 1.82) is 0 Å². The Hall–Kier alpha value is -3.23. The zero-order chi connectivity index (χ0) is 21.6. The second-order valence-corrected chi connectivity index (χ2v) is 8.25. The summed E-state index contributed by atoms with van der Waals surface area (Å²) in [5.74, 6) is -0.792. The van der Waals surface area contributed by atoms with E-state index >= 15 is 0 Å². The van der Waals surface area contributed by atoms with Crippen LogP contribution in [-0.2, 0) is 27.9 Å². The minimum Gasteiger partial charge on any atom is -0.380 e. The SMILES string of the molecule is COCc1ccc(CNC(=O)c2ccc(NS(=O)(=O)c3ccc(F)cc3)cc2)cc1. The summed E-state index contributed by atoms with van der Waals surface area (Å²) in [5.41, 5.74) is 2.69. The van der Waals surface area contributed by atoms with Crippen LogP contribution >= 0.6 is 0 Å². The highest BCUT2D eigenvalue weighted by Crippen LogP contribution is 2.17. The maximum Gasteiger partial charge on any atom is 0.261 e. The number of sulfonamides is 1. The topological polar surface area (TPSA) is 84.5 Å². The lowest BCUT2D eigenvalue weighted by atomic mass is 10.1. The predicted molar refractivity (Wildman–Crippen MR) is 112 cm³/mol. The van der Waals surface area contributed by atoms with Gasteiger partial charge in [0, 0.05) is 24.9 Å². The number of benzene rings is 3. The van der Waals surface area contributed by atoms with Gasteiger partial charge in [0.1, 0.15) is 5.82 Å². The Morgan fingerprint density at radius 2 is 1.50 bits per heavy atom. The average molecular weight is 428 g/mol. The molecule has 0 spiro atoms. The standard InChI is InChI=1S/C22H21FN2O4S/c1-29-15-17-4-2-16(3-5-17)14-24-22(26)18-6-10-20(11-7-18)25-30(27,28)21-12-8-19(23)9-13-21/h2-13,25H,14-15H2,1H3,(H,24,26). The Bertz CT molecular complexity index is 1100. The first kappa shape index (κ1) is 21.5. The van der Waals surface area contributed by atoms with E-state index in [0.29, 0.717) is 24.4 Å². The van der Waals surface area contributed by atoms with E-state index in [4.69, 9.17) is 4.74 Å². The van der Waals surface area contributed by atoms with Gasteiger partial charge in [-0.15, -0.1) is 0 Å². The summed E-state index contributed by atoms with van der Waals surface area (Å²) in [6, 6.07) is 18.3. The molecule has 0 saturated carbocycles. The normalized spacial score (nSPS) is 11.1. The molecule has 0 fully saturated rings. The molecule has 156 valence electrons. The fourth-order valence-corrected chi connectivity index (χ4v) is 3.78. The Morgan fingerprint density at radius 3 is 2.10 bits per heavy atom. The van der Waals surface area contributed by atoms with E-state index in [9.17, 15) is 17.6 Å². The Labute approximate surface area is 174 Å². The van der Waals surface area contributed by atoms with Gasteiger partial charge in [-0.25, -0.2) is 12.8 Å². The Balaban J connectivity index is 1.59. The van der Waals surface area contributed by atoms with Gasteiger partial charge < -0.3 is 10.1 Å². The van der Waals surface area contributed by atoms with Crippen molar-refractivity contribution in [3.8, 4) is 0 Å². The summed E-state index contributed by atoms with van der Waals surface area (Å²) in [6.07, 6.45) is 0. The number of carbonyl (C=O) groups is 1. The molecule has 0 unspecified atom stereocenters. The number of ether oxygens (including phenoxy) is 1. The smallest absolute Gasteiger partial charge is 0.261 e. The summed E-state index contributed by atoms with van der Waals surface area (Å²) in [5, 5.41) is 2.82. The van der Waals surface area contributed by atoms with Gasteiger partial charge in [-0.2, -0.15) is 0 Å². The second-order valence-electron chi connectivity index (χ2n) is 6.57. The molecule has 8 heteroatoms. The van der Waals surface area contributed by atoms with E-state index in [1.807, 2.05) is 24.3 Å². The van der Waals surface area contributed by atoms with E-state index in [1.54, 1.807) is 7.11 Å². The molecule has 6 nitrogen and oxygen atoms in total. The van der Waals surface area contributed by atoms with Crippen LogP contribution < -0.4 is 10.0 Å². The van der Waals surface area contributed by atoms with E-state index in [0.717, 1.165) is 23.3 Å². The molecule has 3 aromatic carbocycles. The molecule has 0 aliphatic rings. The summed E-state index contributed by atoms with van der Waals surface area (Å²) in [7, 11) is -2.21. The molecule has 0 heterocycles. The molecule has 0 aromatic heterocycles. The van der Waals surface area contributed by atoms with Crippen molar-refractivity contribution in [3.05, 3.63) is 95.3 Å². The highest BCUT2D eigenvalue weighted by Gasteiger charge is 2.14. The monoisotopic (exact) mass is 428 g/mol. The second kappa shape index (κ2) is 9.51. The van der Waals surface area contributed by atoms with Gasteiger partial charge in [-0.05, 0) is 59.7 Å². The molecule has 0 saturated heterocycles. The largest absolute Gasteiger partial charge is 0.380 e. The molecule has 0 bridgehead atoms. The zero-order valence-electron chi connectivity index (χ0n) is 16.3. The van der Waals surface area contributed by atoms with Crippen molar-refractivity contribution in [2.45, 2.75) is 18.0 Å². The number of amides is 1. The third-order valence-corrected chi connectivity index (χ3v) is 5.71. The highest BCUT2D eigenvalue weighted by molar-refractivity contribution is 7.92. The number of hydrogen-bond donors (Lipinski definition) is 2. The van der Waals surface area contributed by atoms with Crippen molar-refractivity contribution < 1.29 is 22.3 Å². The first-order valence-corrected chi connectivity index (χ1v) is 10.6. The van der Waals surface area contributed by atoms with Crippen LogP contribution in [0.2, 0.25) is 0 Å². The van der Waals surface area contributed by atoms with Gasteiger partial charge in [0.25, 0.3) is 15.9 Å². The lowest BCUT2D eigenvalue weighted by Crippen LogP contribution is -2.22. The molecule has 3 aromatic rings. The van der Waals surface area contributed by atoms with Crippen molar-refractivity contribution in [2.24, 2.45) is 0 Å².